The summed E-state index contributed by atoms with van der Waals surface area (Å²) in [5.41, 5.74) is 3.11. The molecule has 1 N–H and O–H groups in total. The van der Waals surface area contributed by atoms with Gasteiger partial charge in [0.2, 0.25) is 0 Å². The first kappa shape index (κ1) is 24.7. The maximum Gasteiger partial charge on any atom is 0.345 e. The molecule has 0 heterocycles. The molecule has 0 spiro atoms. The monoisotopic (exact) mass is 570 g/mol. The third kappa shape index (κ3) is 6.39. The van der Waals surface area contributed by atoms with E-state index in [1.54, 1.807) is 24.3 Å². The molecule has 4 aromatic carbocycles. The van der Waals surface area contributed by atoms with Crippen molar-refractivity contribution in [2.75, 3.05) is 6.61 Å². The van der Waals surface area contributed by atoms with Gasteiger partial charge in [0.05, 0.1) is 16.8 Å². The fraction of sp³-hybridized carbons (Fsp3) is 0.0385. The fourth-order valence-corrected chi connectivity index (χ4v) is 3.94. The highest BCUT2D eigenvalue weighted by atomic mass is 79.9. The average Bonchev–Trinajstić information content (AvgIpc) is 2.84. The van der Waals surface area contributed by atoms with Crippen molar-refractivity contribution in [2.24, 2.45) is 5.10 Å². The molecule has 0 aliphatic carbocycles. The van der Waals surface area contributed by atoms with Gasteiger partial charge < -0.3 is 9.47 Å². The number of hydrogen-bond donors (Lipinski definition) is 1. The molecule has 0 aliphatic rings. The van der Waals surface area contributed by atoms with Crippen LogP contribution in [0.1, 0.15) is 15.9 Å². The second-order valence-corrected chi connectivity index (χ2v) is 9.01. The molecule has 4 aromatic rings. The van der Waals surface area contributed by atoms with Crippen LogP contribution in [0.5, 0.6) is 11.5 Å². The molecule has 0 saturated carbocycles. The summed E-state index contributed by atoms with van der Waals surface area (Å²) in [5.74, 6) is -0.292. The van der Waals surface area contributed by atoms with Gasteiger partial charge in [-0.2, -0.15) is 5.10 Å². The lowest BCUT2D eigenvalue weighted by atomic mass is 10.0. The van der Waals surface area contributed by atoms with Crippen molar-refractivity contribution >= 4 is 68.0 Å². The standard InChI is InChI=1S/C26H17BrCl2N2O4/c27-17-6-9-19(10-7-17)34-15-25(32)31-30-14-22-20-4-2-1-3-16(20)5-12-24(22)35-26(33)21-11-8-18(28)13-23(21)29/h1-14H,15H2,(H,31,32). The van der Waals surface area contributed by atoms with E-state index in [9.17, 15) is 9.59 Å². The van der Waals surface area contributed by atoms with E-state index < -0.39 is 11.9 Å². The van der Waals surface area contributed by atoms with Gasteiger partial charge in [-0.25, -0.2) is 10.2 Å². The van der Waals surface area contributed by atoms with Crippen molar-refractivity contribution in [2.45, 2.75) is 0 Å². The third-order valence-electron chi connectivity index (χ3n) is 4.85. The van der Waals surface area contributed by atoms with Crippen molar-refractivity contribution in [1.29, 1.82) is 0 Å². The summed E-state index contributed by atoms with van der Waals surface area (Å²) >= 11 is 15.4. The van der Waals surface area contributed by atoms with Crippen molar-refractivity contribution in [3.8, 4) is 11.5 Å². The Kier molecular flexibility index (Phi) is 8.02. The summed E-state index contributed by atoms with van der Waals surface area (Å²) in [6.45, 7) is -0.217. The SMILES string of the molecule is O=C(COc1ccc(Br)cc1)NN=Cc1c(OC(=O)c2ccc(Cl)cc2Cl)ccc2ccccc12. The van der Waals surface area contributed by atoms with Crippen molar-refractivity contribution in [1.82, 2.24) is 5.43 Å². The van der Waals surface area contributed by atoms with E-state index in [0.717, 1.165) is 15.2 Å². The zero-order valence-electron chi connectivity index (χ0n) is 18.0. The Labute approximate surface area is 219 Å². The largest absolute Gasteiger partial charge is 0.484 e. The normalized spacial score (nSPS) is 10.9. The number of rotatable bonds is 7. The van der Waals surface area contributed by atoms with E-state index in [4.69, 9.17) is 32.7 Å². The van der Waals surface area contributed by atoms with Crippen molar-refractivity contribution in [3.05, 3.63) is 105 Å². The number of hydrogen-bond acceptors (Lipinski definition) is 5. The molecule has 9 heteroatoms. The average molecular weight is 572 g/mol. The van der Waals surface area contributed by atoms with Crippen LogP contribution in [0.2, 0.25) is 10.0 Å². The highest BCUT2D eigenvalue weighted by molar-refractivity contribution is 9.10. The zero-order valence-corrected chi connectivity index (χ0v) is 21.1. The molecule has 4 rings (SSSR count). The molecule has 0 saturated heterocycles. The number of carbonyl (C=O) groups excluding carboxylic acids is 2. The van der Waals surface area contributed by atoms with E-state index in [2.05, 4.69) is 26.5 Å². The molecular weight excluding hydrogens is 555 g/mol. The molecule has 0 atom stereocenters. The van der Waals surface area contributed by atoms with Gasteiger partial charge in [-0.05, 0) is 59.3 Å². The van der Waals surface area contributed by atoms with Crippen LogP contribution in [0.3, 0.4) is 0 Å². The number of amides is 1. The summed E-state index contributed by atoms with van der Waals surface area (Å²) in [6, 6.07) is 22.6. The van der Waals surface area contributed by atoms with Crippen LogP contribution >= 0.6 is 39.1 Å². The maximum absolute atomic E-state index is 12.8. The number of carbonyl (C=O) groups is 2. The first-order valence-corrected chi connectivity index (χ1v) is 11.8. The Morgan fingerprint density at radius 2 is 1.74 bits per heavy atom. The van der Waals surface area contributed by atoms with Crippen LogP contribution in [0.15, 0.2) is 88.4 Å². The number of halogens is 3. The molecule has 6 nitrogen and oxygen atoms in total. The first-order valence-electron chi connectivity index (χ1n) is 10.3. The number of nitrogens with one attached hydrogen (secondary N) is 1. The van der Waals surface area contributed by atoms with Crippen LogP contribution < -0.4 is 14.9 Å². The van der Waals surface area contributed by atoms with Crippen molar-refractivity contribution < 1.29 is 19.1 Å². The van der Waals surface area contributed by atoms with Gasteiger partial charge in [-0.1, -0.05) is 69.5 Å². The van der Waals surface area contributed by atoms with Gasteiger partial charge in [0.15, 0.2) is 6.61 Å². The van der Waals surface area contributed by atoms with Gasteiger partial charge in [-0.3, -0.25) is 4.79 Å². The number of nitrogens with zero attached hydrogens (tertiary/aromatic N) is 1. The molecule has 0 radical (unpaired) electrons. The van der Waals surface area contributed by atoms with Gasteiger partial charge >= 0.3 is 5.97 Å². The van der Waals surface area contributed by atoms with Crippen molar-refractivity contribution in [3.63, 3.8) is 0 Å². The minimum absolute atomic E-state index is 0.172. The zero-order chi connectivity index (χ0) is 24.8. The predicted octanol–water partition coefficient (Wildman–Crippen LogP) is 6.66. The topological polar surface area (TPSA) is 77.0 Å². The number of ether oxygens (including phenoxy) is 2. The lowest BCUT2D eigenvalue weighted by Gasteiger charge is -2.11. The molecular formula is C26H17BrCl2N2O4. The molecule has 0 fully saturated rings. The van der Waals surface area contributed by atoms with E-state index in [0.29, 0.717) is 16.3 Å². The van der Waals surface area contributed by atoms with Crippen LogP contribution in [0.25, 0.3) is 10.8 Å². The summed E-state index contributed by atoms with van der Waals surface area (Å²) in [7, 11) is 0. The minimum atomic E-state index is -0.650. The lowest BCUT2D eigenvalue weighted by molar-refractivity contribution is -0.123. The Hall–Kier alpha value is -3.39. The summed E-state index contributed by atoms with van der Waals surface area (Å²) in [5, 5.41) is 6.31. The Morgan fingerprint density at radius 3 is 2.51 bits per heavy atom. The van der Waals surface area contributed by atoms with E-state index in [1.165, 1.54) is 18.3 Å². The predicted molar refractivity (Wildman–Crippen MR) is 141 cm³/mol. The summed E-state index contributed by atoms with van der Waals surface area (Å²) in [6.07, 6.45) is 1.42. The minimum Gasteiger partial charge on any atom is -0.484 e. The molecule has 1 amide bonds. The highest BCUT2D eigenvalue weighted by Gasteiger charge is 2.16. The first-order chi connectivity index (χ1) is 16.9. The van der Waals surface area contributed by atoms with Gasteiger partial charge in [0.1, 0.15) is 11.5 Å². The summed E-state index contributed by atoms with van der Waals surface area (Å²) < 4.78 is 12.0. The molecule has 35 heavy (non-hydrogen) atoms. The van der Waals surface area contributed by atoms with Gasteiger partial charge in [0, 0.05) is 15.1 Å². The Balaban J connectivity index is 1.52. The molecule has 0 bridgehead atoms. The second-order valence-electron chi connectivity index (χ2n) is 7.25. The molecule has 0 aliphatic heterocycles. The highest BCUT2D eigenvalue weighted by Crippen LogP contribution is 2.29. The van der Waals surface area contributed by atoms with Gasteiger partial charge in [-0.15, -0.1) is 0 Å². The second kappa shape index (κ2) is 11.4. The van der Waals surface area contributed by atoms with Crippen LogP contribution in [0, 0.1) is 0 Å². The number of hydrazone groups is 1. The number of benzene rings is 4. The smallest absolute Gasteiger partial charge is 0.345 e. The fourth-order valence-electron chi connectivity index (χ4n) is 3.19. The molecule has 0 aromatic heterocycles. The molecule has 176 valence electrons. The van der Waals surface area contributed by atoms with Crippen LogP contribution in [0.4, 0.5) is 0 Å². The van der Waals surface area contributed by atoms with E-state index in [1.807, 2.05) is 42.5 Å². The van der Waals surface area contributed by atoms with E-state index >= 15 is 0 Å². The Bertz CT molecular complexity index is 1430. The maximum atomic E-state index is 12.8. The lowest BCUT2D eigenvalue weighted by Crippen LogP contribution is -2.24. The third-order valence-corrected chi connectivity index (χ3v) is 5.93. The quantitative estimate of drug-likeness (QED) is 0.116. The van der Waals surface area contributed by atoms with E-state index in [-0.39, 0.29) is 22.9 Å². The number of fused-ring (bicyclic) bond motifs is 1. The van der Waals surface area contributed by atoms with Gasteiger partial charge in [0.25, 0.3) is 5.91 Å². The van der Waals surface area contributed by atoms with Crippen LogP contribution in [-0.2, 0) is 4.79 Å². The number of esters is 1. The molecule has 0 unspecified atom stereocenters. The Morgan fingerprint density at radius 1 is 0.971 bits per heavy atom. The van der Waals surface area contributed by atoms with Crippen LogP contribution in [-0.4, -0.2) is 24.7 Å². The summed E-state index contributed by atoms with van der Waals surface area (Å²) in [4.78, 5) is 25.0.